The molecular weight excluding hydrogens is 156 g/mol. The Morgan fingerprint density at radius 3 is 2.58 bits per heavy atom. The summed E-state index contributed by atoms with van der Waals surface area (Å²) in [6.07, 6.45) is 3.79. The summed E-state index contributed by atoms with van der Waals surface area (Å²) in [5.74, 6) is 0. The summed E-state index contributed by atoms with van der Waals surface area (Å²) in [5, 5.41) is 0. The highest BCUT2D eigenvalue weighted by atomic mass is 16.7. The molecule has 0 amide bonds. The van der Waals surface area contributed by atoms with Crippen LogP contribution in [0, 0.1) is 0 Å². The number of carbonyl (C=O) groups excluding carboxylic acids is 1. The van der Waals surface area contributed by atoms with Gasteiger partial charge in [-0.15, -0.1) is 0 Å². The number of hydrogen-bond donors (Lipinski definition) is 0. The molecule has 0 spiro atoms. The molecule has 0 radical (unpaired) electrons. The molecule has 0 aromatic rings. The van der Waals surface area contributed by atoms with Crippen LogP contribution in [0.3, 0.4) is 0 Å². The smallest absolute Gasteiger partial charge is 0.438 e. The van der Waals surface area contributed by atoms with E-state index in [1.54, 1.807) is 0 Å². The largest absolute Gasteiger partial charge is 0.508 e. The molecule has 72 valence electrons. The summed E-state index contributed by atoms with van der Waals surface area (Å²) < 4.78 is 9.25. The van der Waals surface area contributed by atoms with Crippen LogP contribution in [0.5, 0.6) is 0 Å². The third-order valence-electron chi connectivity index (χ3n) is 1.68. The van der Waals surface area contributed by atoms with E-state index >= 15 is 0 Å². The van der Waals surface area contributed by atoms with Gasteiger partial charge in [0.25, 0.3) is 0 Å². The minimum atomic E-state index is -0.584. The number of rotatable bonds is 5. The summed E-state index contributed by atoms with van der Waals surface area (Å²) in [6.45, 7) is 4.03. The summed E-state index contributed by atoms with van der Waals surface area (Å²) >= 11 is 0. The first-order valence-electron chi connectivity index (χ1n) is 4.45. The van der Waals surface area contributed by atoms with Crippen LogP contribution in [-0.4, -0.2) is 19.4 Å². The molecule has 1 atom stereocenters. The normalized spacial score (nSPS) is 12.2. The van der Waals surface area contributed by atoms with E-state index in [1.807, 2.05) is 6.92 Å². The first-order chi connectivity index (χ1) is 5.70. The van der Waals surface area contributed by atoms with Crippen molar-refractivity contribution in [2.24, 2.45) is 0 Å². The first-order valence-corrected chi connectivity index (χ1v) is 4.45. The maximum atomic E-state index is 10.6. The summed E-state index contributed by atoms with van der Waals surface area (Å²) in [6, 6.07) is 0. The molecular formula is C9H18O3. The van der Waals surface area contributed by atoms with Crippen molar-refractivity contribution in [1.29, 1.82) is 0 Å². The fraction of sp³-hybridized carbons (Fsp3) is 0.889. The van der Waals surface area contributed by atoms with Crippen LogP contribution in [0.25, 0.3) is 0 Å². The minimum absolute atomic E-state index is 0.0241. The molecule has 3 nitrogen and oxygen atoms in total. The van der Waals surface area contributed by atoms with Crippen LogP contribution >= 0.6 is 0 Å². The second-order valence-corrected chi connectivity index (χ2v) is 2.88. The quantitative estimate of drug-likeness (QED) is 0.475. The predicted molar refractivity (Wildman–Crippen MR) is 47.1 cm³/mol. The third kappa shape index (κ3) is 6.01. The van der Waals surface area contributed by atoms with E-state index in [2.05, 4.69) is 11.7 Å². The highest BCUT2D eigenvalue weighted by Crippen LogP contribution is 2.06. The van der Waals surface area contributed by atoms with Gasteiger partial charge < -0.3 is 9.47 Å². The van der Waals surface area contributed by atoms with E-state index in [0.717, 1.165) is 12.8 Å². The predicted octanol–water partition coefficient (Wildman–Crippen LogP) is 2.74. The van der Waals surface area contributed by atoms with Crippen LogP contribution < -0.4 is 0 Å². The molecule has 0 fully saturated rings. The van der Waals surface area contributed by atoms with Gasteiger partial charge in [0.05, 0.1) is 7.11 Å². The Morgan fingerprint density at radius 1 is 1.42 bits per heavy atom. The van der Waals surface area contributed by atoms with Gasteiger partial charge >= 0.3 is 6.16 Å². The Balaban J connectivity index is 3.32. The summed E-state index contributed by atoms with van der Waals surface area (Å²) in [4.78, 5) is 10.6. The van der Waals surface area contributed by atoms with Gasteiger partial charge in [0.15, 0.2) is 0 Å². The molecule has 0 aliphatic heterocycles. The zero-order chi connectivity index (χ0) is 9.40. The fourth-order valence-electron chi connectivity index (χ4n) is 0.953. The maximum absolute atomic E-state index is 10.6. The molecule has 0 saturated carbocycles. The zero-order valence-electron chi connectivity index (χ0n) is 8.13. The summed E-state index contributed by atoms with van der Waals surface area (Å²) in [7, 11) is 1.32. The lowest BCUT2D eigenvalue weighted by molar-refractivity contribution is 0.0398. The lowest BCUT2D eigenvalue weighted by Gasteiger charge is -2.10. The van der Waals surface area contributed by atoms with Crippen LogP contribution in [0.15, 0.2) is 0 Å². The van der Waals surface area contributed by atoms with Gasteiger partial charge in [0.1, 0.15) is 6.10 Å². The first kappa shape index (κ1) is 11.3. The van der Waals surface area contributed by atoms with Crippen LogP contribution in [0.2, 0.25) is 0 Å². The van der Waals surface area contributed by atoms with Crippen molar-refractivity contribution in [3.63, 3.8) is 0 Å². The molecule has 3 heteroatoms. The Bertz CT molecular complexity index is 123. The van der Waals surface area contributed by atoms with Gasteiger partial charge in [-0.2, -0.15) is 0 Å². The van der Waals surface area contributed by atoms with E-state index in [4.69, 9.17) is 4.74 Å². The van der Waals surface area contributed by atoms with E-state index < -0.39 is 6.16 Å². The number of hydrogen-bond acceptors (Lipinski definition) is 3. The van der Waals surface area contributed by atoms with E-state index in [1.165, 1.54) is 20.0 Å². The molecule has 0 saturated heterocycles. The van der Waals surface area contributed by atoms with Crippen molar-refractivity contribution in [2.45, 2.75) is 45.6 Å². The number of unbranched alkanes of at least 4 members (excludes halogenated alkanes) is 2. The number of ether oxygens (including phenoxy) is 2. The molecule has 0 rings (SSSR count). The highest BCUT2D eigenvalue weighted by molar-refractivity contribution is 5.59. The van der Waals surface area contributed by atoms with Gasteiger partial charge in [-0.25, -0.2) is 4.79 Å². The minimum Gasteiger partial charge on any atom is -0.438 e. The Hall–Kier alpha value is -0.730. The molecule has 0 N–H and O–H groups in total. The van der Waals surface area contributed by atoms with Gasteiger partial charge in [-0.3, -0.25) is 0 Å². The monoisotopic (exact) mass is 174 g/mol. The topological polar surface area (TPSA) is 35.5 Å². The Morgan fingerprint density at radius 2 is 2.08 bits per heavy atom. The fourth-order valence-corrected chi connectivity index (χ4v) is 0.953. The van der Waals surface area contributed by atoms with E-state index in [0.29, 0.717) is 0 Å². The molecule has 0 aliphatic carbocycles. The molecule has 0 aliphatic rings. The average Bonchev–Trinajstić information content (AvgIpc) is 2.05. The second kappa shape index (κ2) is 6.95. The van der Waals surface area contributed by atoms with Crippen LogP contribution in [-0.2, 0) is 9.47 Å². The van der Waals surface area contributed by atoms with Crippen molar-refractivity contribution in [3.8, 4) is 0 Å². The van der Waals surface area contributed by atoms with E-state index in [9.17, 15) is 4.79 Å². The van der Waals surface area contributed by atoms with Gasteiger partial charge in [-0.1, -0.05) is 19.8 Å². The molecule has 0 heterocycles. The van der Waals surface area contributed by atoms with Crippen molar-refractivity contribution >= 4 is 6.16 Å². The summed E-state index contributed by atoms with van der Waals surface area (Å²) in [5.41, 5.74) is 0. The van der Waals surface area contributed by atoms with Crippen LogP contribution in [0.1, 0.15) is 39.5 Å². The zero-order valence-corrected chi connectivity index (χ0v) is 8.13. The second-order valence-electron chi connectivity index (χ2n) is 2.88. The molecule has 0 aromatic heterocycles. The Kier molecular flexibility index (Phi) is 6.53. The molecule has 0 unspecified atom stereocenters. The van der Waals surface area contributed by atoms with Gasteiger partial charge in [0.2, 0.25) is 0 Å². The van der Waals surface area contributed by atoms with Gasteiger partial charge in [0, 0.05) is 0 Å². The van der Waals surface area contributed by atoms with Gasteiger partial charge in [-0.05, 0) is 19.8 Å². The average molecular weight is 174 g/mol. The third-order valence-corrected chi connectivity index (χ3v) is 1.68. The van der Waals surface area contributed by atoms with E-state index in [-0.39, 0.29) is 6.10 Å². The maximum Gasteiger partial charge on any atom is 0.508 e. The standard InChI is InChI=1S/C9H18O3/c1-4-5-6-7-8(2)12-9(10)11-3/h8H,4-7H2,1-3H3/t8-/m1/s1. The Labute approximate surface area is 74.0 Å². The highest BCUT2D eigenvalue weighted by Gasteiger charge is 2.07. The van der Waals surface area contributed by atoms with Crippen molar-refractivity contribution in [3.05, 3.63) is 0 Å². The van der Waals surface area contributed by atoms with Crippen LogP contribution in [0.4, 0.5) is 4.79 Å². The van der Waals surface area contributed by atoms with Crippen molar-refractivity contribution in [2.75, 3.05) is 7.11 Å². The number of methoxy groups -OCH3 is 1. The van der Waals surface area contributed by atoms with Crippen molar-refractivity contribution < 1.29 is 14.3 Å². The lowest BCUT2D eigenvalue weighted by atomic mass is 10.1. The molecule has 0 aromatic carbocycles. The lowest BCUT2D eigenvalue weighted by Crippen LogP contribution is -2.14. The van der Waals surface area contributed by atoms with Crippen molar-refractivity contribution in [1.82, 2.24) is 0 Å². The molecule has 12 heavy (non-hydrogen) atoms. The number of carbonyl (C=O) groups is 1. The SMILES string of the molecule is CCCCC[C@@H](C)OC(=O)OC. The molecule has 0 bridgehead atoms.